The van der Waals surface area contributed by atoms with Crippen molar-refractivity contribution in [3.8, 4) is 0 Å². The Balaban J connectivity index is 1.77. The van der Waals surface area contributed by atoms with Crippen molar-refractivity contribution in [1.29, 1.82) is 0 Å². The van der Waals surface area contributed by atoms with E-state index in [9.17, 15) is 0 Å². The monoisotopic (exact) mass is 264 g/mol. The first-order valence-electron chi connectivity index (χ1n) is 7.79. The molecule has 0 saturated carbocycles. The Kier molecular flexibility index (Phi) is 5.70. The van der Waals surface area contributed by atoms with Gasteiger partial charge in [-0.1, -0.05) is 19.8 Å². The lowest BCUT2D eigenvalue weighted by atomic mass is 10.1. The summed E-state index contributed by atoms with van der Waals surface area (Å²) in [7, 11) is 0. The number of unbranched alkanes of at least 4 members (excludes halogenated alkanes) is 1. The Morgan fingerprint density at radius 2 is 2.00 bits per heavy atom. The average Bonchev–Trinajstić information content (AvgIpc) is 2.78. The molecule has 1 fully saturated rings. The molecule has 1 aromatic rings. The van der Waals surface area contributed by atoms with Crippen molar-refractivity contribution in [2.45, 2.75) is 52.5 Å². The summed E-state index contributed by atoms with van der Waals surface area (Å²) < 4.78 is 2.26. The van der Waals surface area contributed by atoms with Gasteiger partial charge >= 0.3 is 0 Å². The largest absolute Gasteiger partial charge is 0.354 e. The summed E-state index contributed by atoms with van der Waals surface area (Å²) in [6.45, 7) is 10.0. The molecular formula is C15H28N4. The van der Waals surface area contributed by atoms with Crippen LogP contribution in [-0.2, 0) is 6.54 Å². The maximum atomic E-state index is 4.58. The molecule has 2 rings (SSSR count). The molecule has 1 saturated heterocycles. The van der Waals surface area contributed by atoms with Crippen molar-refractivity contribution in [1.82, 2.24) is 14.5 Å². The van der Waals surface area contributed by atoms with Gasteiger partial charge in [-0.15, -0.1) is 0 Å². The molecule has 19 heavy (non-hydrogen) atoms. The zero-order valence-electron chi connectivity index (χ0n) is 12.5. The van der Waals surface area contributed by atoms with Gasteiger partial charge in [-0.2, -0.15) is 0 Å². The van der Waals surface area contributed by atoms with Gasteiger partial charge in [0.15, 0.2) is 0 Å². The minimum Gasteiger partial charge on any atom is -0.354 e. The lowest BCUT2D eigenvalue weighted by Gasteiger charge is -2.26. The van der Waals surface area contributed by atoms with Crippen LogP contribution in [0.4, 0.5) is 5.95 Å². The molecule has 1 aromatic heterocycles. The molecule has 2 heterocycles. The van der Waals surface area contributed by atoms with Crippen LogP contribution < -0.4 is 5.32 Å². The molecule has 0 atom stereocenters. The van der Waals surface area contributed by atoms with Gasteiger partial charge in [-0.05, 0) is 39.3 Å². The molecule has 0 spiro atoms. The highest BCUT2D eigenvalue weighted by molar-refractivity contribution is 5.28. The van der Waals surface area contributed by atoms with Crippen LogP contribution in [0.15, 0.2) is 6.20 Å². The second-order valence-corrected chi connectivity index (χ2v) is 5.58. The number of hydrogen-bond acceptors (Lipinski definition) is 3. The molecule has 1 aliphatic rings. The molecule has 0 bridgehead atoms. The van der Waals surface area contributed by atoms with E-state index in [1.807, 2.05) is 0 Å². The fourth-order valence-corrected chi connectivity index (χ4v) is 2.70. The van der Waals surface area contributed by atoms with Gasteiger partial charge in [-0.3, -0.25) is 0 Å². The summed E-state index contributed by atoms with van der Waals surface area (Å²) in [6, 6.07) is 0. The highest BCUT2D eigenvalue weighted by Crippen LogP contribution is 2.11. The molecule has 0 amide bonds. The third-order valence-corrected chi connectivity index (χ3v) is 3.81. The molecule has 0 unspecified atom stereocenters. The molecule has 0 aliphatic carbocycles. The maximum Gasteiger partial charge on any atom is 0.203 e. The topological polar surface area (TPSA) is 33.1 Å². The van der Waals surface area contributed by atoms with E-state index < -0.39 is 0 Å². The van der Waals surface area contributed by atoms with Gasteiger partial charge in [-0.25, -0.2) is 4.98 Å². The molecule has 4 heteroatoms. The van der Waals surface area contributed by atoms with Crippen LogP contribution in [0, 0.1) is 6.92 Å². The second-order valence-electron chi connectivity index (χ2n) is 5.58. The molecule has 108 valence electrons. The summed E-state index contributed by atoms with van der Waals surface area (Å²) in [5.74, 6) is 1.04. The van der Waals surface area contributed by atoms with E-state index in [0.29, 0.717) is 0 Å². The van der Waals surface area contributed by atoms with E-state index >= 15 is 0 Å². The summed E-state index contributed by atoms with van der Waals surface area (Å²) >= 11 is 0. The van der Waals surface area contributed by atoms with Crippen molar-refractivity contribution in [3.63, 3.8) is 0 Å². The van der Waals surface area contributed by atoms with Gasteiger partial charge in [0.25, 0.3) is 0 Å². The number of anilines is 1. The average molecular weight is 264 g/mol. The van der Waals surface area contributed by atoms with Crippen LogP contribution in [0.3, 0.4) is 0 Å². The smallest absolute Gasteiger partial charge is 0.203 e. The third-order valence-electron chi connectivity index (χ3n) is 3.81. The van der Waals surface area contributed by atoms with E-state index in [4.69, 9.17) is 0 Å². The molecule has 1 aliphatic heterocycles. The van der Waals surface area contributed by atoms with Crippen molar-refractivity contribution in [3.05, 3.63) is 11.9 Å². The maximum absolute atomic E-state index is 4.58. The Morgan fingerprint density at radius 1 is 1.21 bits per heavy atom. The predicted octanol–water partition coefficient (Wildman–Crippen LogP) is 2.89. The zero-order valence-corrected chi connectivity index (χ0v) is 12.5. The number of imidazole rings is 1. The standard InChI is InChI=1S/C15H28N4/c1-3-4-11-19-13-14(2)17-15(19)16-8-12-18-9-6-5-7-10-18/h13H,3-12H2,1-2H3,(H,16,17). The van der Waals surface area contributed by atoms with Gasteiger partial charge in [0.1, 0.15) is 0 Å². The fraction of sp³-hybridized carbons (Fsp3) is 0.800. The molecular weight excluding hydrogens is 236 g/mol. The highest BCUT2D eigenvalue weighted by atomic mass is 15.2. The first-order valence-corrected chi connectivity index (χ1v) is 7.79. The van der Waals surface area contributed by atoms with E-state index in [2.05, 4.69) is 39.8 Å². The number of nitrogens with one attached hydrogen (secondary N) is 1. The van der Waals surface area contributed by atoms with Crippen molar-refractivity contribution in [2.75, 3.05) is 31.5 Å². The number of piperidine rings is 1. The summed E-state index contributed by atoms with van der Waals surface area (Å²) in [4.78, 5) is 7.14. The van der Waals surface area contributed by atoms with Gasteiger partial charge in [0.2, 0.25) is 5.95 Å². The lowest BCUT2D eigenvalue weighted by Crippen LogP contribution is -2.34. The van der Waals surface area contributed by atoms with Crippen molar-refractivity contribution in [2.24, 2.45) is 0 Å². The predicted molar refractivity (Wildman–Crippen MR) is 80.7 cm³/mol. The molecule has 0 radical (unpaired) electrons. The van der Waals surface area contributed by atoms with Gasteiger partial charge in [0, 0.05) is 25.8 Å². The first-order chi connectivity index (χ1) is 9.29. The molecule has 1 N–H and O–H groups in total. The minimum absolute atomic E-state index is 1.00. The number of rotatable bonds is 7. The normalized spacial score (nSPS) is 16.7. The lowest BCUT2D eigenvalue weighted by molar-refractivity contribution is 0.237. The van der Waals surface area contributed by atoms with Crippen LogP contribution in [0.1, 0.15) is 44.7 Å². The Hall–Kier alpha value is -1.03. The van der Waals surface area contributed by atoms with Crippen LogP contribution in [0.5, 0.6) is 0 Å². The van der Waals surface area contributed by atoms with Crippen LogP contribution in [-0.4, -0.2) is 40.6 Å². The molecule has 4 nitrogen and oxygen atoms in total. The summed E-state index contributed by atoms with van der Waals surface area (Å²) in [5.41, 5.74) is 1.11. The van der Waals surface area contributed by atoms with E-state index in [1.54, 1.807) is 0 Å². The quantitative estimate of drug-likeness (QED) is 0.822. The summed E-state index contributed by atoms with van der Waals surface area (Å²) in [5, 5.41) is 3.50. The number of hydrogen-bond donors (Lipinski definition) is 1. The van der Waals surface area contributed by atoms with Gasteiger partial charge < -0.3 is 14.8 Å². The van der Waals surface area contributed by atoms with E-state index in [-0.39, 0.29) is 0 Å². The fourth-order valence-electron chi connectivity index (χ4n) is 2.70. The first kappa shape index (κ1) is 14.4. The van der Waals surface area contributed by atoms with E-state index in [1.165, 1.54) is 45.2 Å². The number of aromatic nitrogens is 2. The third kappa shape index (κ3) is 4.53. The Bertz CT molecular complexity index is 366. The Labute approximate surface area is 117 Å². The SMILES string of the molecule is CCCCn1cc(C)nc1NCCN1CCCCC1. The second kappa shape index (κ2) is 7.53. The van der Waals surface area contributed by atoms with Crippen LogP contribution in [0.25, 0.3) is 0 Å². The highest BCUT2D eigenvalue weighted by Gasteiger charge is 2.10. The van der Waals surface area contributed by atoms with Gasteiger partial charge in [0.05, 0.1) is 5.69 Å². The van der Waals surface area contributed by atoms with E-state index in [0.717, 1.165) is 31.3 Å². The number of nitrogens with zero attached hydrogens (tertiary/aromatic N) is 3. The zero-order chi connectivity index (χ0) is 13.5. The van der Waals surface area contributed by atoms with Crippen molar-refractivity contribution >= 4 is 5.95 Å². The number of aryl methyl sites for hydroxylation is 2. The molecule has 0 aromatic carbocycles. The minimum atomic E-state index is 1.00. The Morgan fingerprint density at radius 3 is 2.74 bits per heavy atom. The van der Waals surface area contributed by atoms with Crippen molar-refractivity contribution < 1.29 is 0 Å². The van der Waals surface area contributed by atoms with Crippen LogP contribution >= 0.6 is 0 Å². The summed E-state index contributed by atoms with van der Waals surface area (Å²) in [6.07, 6.45) is 8.74. The number of likely N-dealkylation sites (tertiary alicyclic amines) is 1. The van der Waals surface area contributed by atoms with Crippen LogP contribution in [0.2, 0.25) is 0 Å².